The van der Waals surface area contributed by atoms with Crippen LogP contribution >= 0.6 is 0 Å². The Morgan fingerprint density at radius 3 is 2.30 bits per heavy atom. The summed E-state index contributed by atoms with van der Waals surface area (Å²) in [6.45, 7) is 5.64. The molecule has 0 bridgehead atoms. The van der Waals surface area contributed by atoms with E-state index >= 15 is 0 Å². The molecule has 2 aliphatic rings. The first kappa shape index (κ1) is 33.8. The van der Waals surface area contributed by atoms with Gasteiger partial charge in [-0.3, -0.25) is 4.90 Å². The second kappa shape index (κ2) is 12.2. The molecule has 0 radical (unpaired) electrons. The largest absolute Gasteiger partial charge is 0.481 e. The zero-order valence-corrected chi connectivity index (χ0v) is 25.9. The Morgan fingerprint density at radius 2 is 1.70 bits per heavy atom. The number of cyclic esters (lactones) is 1. The lowest BCUT2D eigenvalue weighted by molar-refractivity contribution is -0.143. The molecule has 1 amide bonds. The maximum Gasteiger partial charge on any atom is 0.416 e. The molecule has 0 spiro atoms. The predicted molar refractivity (Wildman–Crippen MR) is 160 cm³/mol. The number of rotatable bonds is 7. The summed E-state index contributed by atoms with van der Waals surface area (Å²) < 4.78 is 92.5. The van der Waals surface area contributed by atoms with E-state index in [9.17, 15) is 41.0 Å². The van der Waals surface area contributed by atoms with Crippen molar-refractivity contribution in [2.45, 2.75) is 64.5 Å². The van der Waals surface area contributed by atoms with Gasteiger partial charge in [-0.15, -0.1) is 0 Å². The van der Waals surface area contributed by atoms with Crippen LogP contribution in [-0.4, -0.2) is 46.7 Å². The summed E-state index contributed by atoms with van der Waals surface area (Å²) in [5.41, 5.74) is 0.0110. The zero-order valence-electron chi connectivity index (χ0n) is 25.9. The molecule has 2 atom stereocenters. The maximum absolute atomic E-state index is 13.6. The van der Waals surface area contributed by atoms with E-state index < -0.39 is 53.3 Å². The number of hydrogen-bond donors (Lipinski definition) is 1. The van der Waals surface area contributed by atoms with Crippen molar-refractivity contribution < 1.29 is 50.5 Å². The van der Waals surface area contributed by atoms with Crippen LogP contribution in [0.15, 0.2) is 60.3 Å². The number of carbonyl (C=O) groups excluding carboxylic acids is 1. The van der Waals surface area contributed by atoms with Gasteiger partial charge in [-0.1, -0.05) is 26.0 Å². The van der Waals surface area contributed by atoms with E-state index in [-0.39, 0.29) is 23.6 Å². The van der Waals surface area contributed by atoms with Crippen molar-refractivity contribution in [3.63, 3.8) is 0 Å². The summed E-state index contributed by atoms with van der Waals surface area (Å²) in [5.74, 6) is -0.786. The van der Waals surface area contributed by atoms with Gasteiger partial charge in [0.15, 0.2) is 0 Å². The minimum atomic E-state index is -5.05. The van der Waals surface area contributed by atoms with E-state index in [2.05, 4.69) is 18.8 Å². The fourth-order valence-electron chi connectivity index (χ4n) is 6.22. The molecule has 13 heteroatoms. The van der Waals surface area contributed by atoms with Crippen molar-refractivity contribution in [1.82, 2.24) is 9.88 Å². The fraction of sp³-hybridized carbons (Fsp3) is 0.382. The number of allylic oxidation sites excluding steroid dienone is 1. The lowest BCUT2D eigenvalue weighted by atomic mass is 9.72. The number of alkyl halides is 6. The molecule has 1 N–H and O–H groups in total. The first-order valence-electron chi connectivity index (χ1n) is 14.7. The maximum atomic E-state index is 13.6. The van der Waals surface area contributed by atoms with Gasteiger partial charge in [-0.25, -0.2) is 14.6 Å². The summed E-state index contributed by atoms with van der Waals surface area (Å²) in [7, 11) is 1.46. The highest BCUT2D eigenvalue weighted by atomic mass is 19.4. The molecule has 2 aromatic carbocycles. The van der Waals surface area contributed by atoms with Crippen molar-refractivity contribution in [2.75, 3.05) is 13.7 Å². The minimum absolute atomic E-state index is 0.00222. The topological polar surface area (TPSA) is 89.0 Å². The SMILES string of the molecule is COc1ncc(-c2cccc(C(=O)O)c2)cc1C1=C(CN2C(=O)OC(c3cc(C(F)(F)F)cc(C(F)(F)F)c3)[C@@H]2C)CC(C)(C)CC1. The predicted octanol–water partition coefficient (Wildman–Crippen LogP) is 9.04. The standard InChI is InChI=1S/C34H32F6N2O5/c1-18-28(21-11-24(33(35,36)37)14-25(12-21)34(38,39)40)47-31(45)42(18)17-23-15-32(2,3)9-8-26(23)27-13-22(16-41-29(27)46-4)19-6-5-7-20(10-19)30(43)44/h5-7,10-14,16,18,28H,8-9,15,17H2,1-4H3,(H,43,44)/t18-,28?/m0/s1. The smallest absolute Gasteiger partial charge is 0.416 e. The average molecular weight is 663 g/mol. The van der Waals surface area contributed by atoms with Crippen LogP contribution < -0.4 is 4.74 Å². The number of nitrogens with zero attached hydrogens (tertiary/aromatic N) is 2. The first-order chi connectivity index (χ1) is 21.9. The molecule has 1 aromatic heterocycles. The molecule has 1 aliphatic heterocycles. The van der Waals surface area contributed by atoms with Crippen molar-refractivity contribution >= 4 is 17.6 Å². The molecule has 1 fully saturated rings. The van der Waals surface area contributed by atoms with Crippen LogP contribution in [0.1, 0.15) is 78.7 Å². The number of aromatic nitrogens is 1. The Labute approximate surface area is 266 Å². The Bertz CT molecular complexity index is 1720. The molecule has 250 valence electrons. The molecule has 1 aliphatic carbocycles. The molecular weight excluding hydrogens is 630 g/mol. The van der Waals surface area contributed by atoms with Gasteiger partial charge in [-0.2, -0.15) is 26.3 Å². The van der Waals surface area contributed by atoms with Crippen molar-refractivity contribution in [3.05, 3.63) is 88.1 Å². The number of carboxylic acid groups (broad SMARTS) is 1. The van der Waals surface area contributed by atoms with Crippen molar-refractivity contribution in [3.8, 4) is 17.0 Å². The van der Waals surface area contributed by atoms with E-state index in [1.807, 2.05) is 6.07 Å². The Balaban J connectivity index is 1.55. The van der Waals surface area contributed by atoms with E-state index in [0.29, 0.717) is 47.5 Å². The van der Waals surface area contributed by atoms with Crippen LogP contribution in [0.3, 0.4) is 0 Å². The van der Waals surface area contributed by atoms with Gasteiger partial charge in [0.25, 0.3) is 0 Å². The van der Waals surface area contributed by atoms with E-state index in [0.717, 1.165) is 17.6 Å². The van der Waals surface area contributed by atoms with E-state index in [4.69, 9.17) is 9.47 Å². The molecule has 1 saturated heterocycles. The van der Waals surface area contributed by atoms with Gasteiger partial charge in [0.2, 0.25) is 5.88 Å². The van der Waals surface area contributed by atoms with Crippen LogP contribution in [-0.2, 0) is 17.1 Å². The second-order valence-corrected chi connectivity index (χ2v) is 12.6. The summed E-state index contributed by atoms with van der Waals surface area (Å²) in [4.78, 5) is 30.6. The first-order valence-corrected chi connectivity index (χ1v) is 14.7. The number of amides is 1. The number of carboxylic acids is 1. The third-order valence-corrected chi connectivity index (χ3v) is 8.67. The summed E-state index contributed by atoms with van der Waals surface area (Å²) >= 11 is 0. The van der Waals surface area contributed by atoms with Gasteiger partial charge in [-0.05, 0) is 90.3 Å². The van der Waals surface area contributed by atoms with Crippen molar-refractivity contribution in [1.29, 1.82) is 0 Å². The van der Waals surface area contributed by atoms with Gasteiger partial charge >= 0.3 is 24.4 Å². The lowest BCUT2D eigenvalue weighted by Gasteiger charge is -2.35. The van der Waals surface area contributed by atoms with Gasteiger partial charge in [0.05, 0.1) is 29.8 Å². The highest BCUT2D eigenvalue weighted by Gasteiger charge is 2.44. The average Bonchev–Trinajstić information content (AvgIpc) is 3.28. The molecule has 7 nitrogen and oxygen atoms in total. The molecule has 0 saturated carbocycles. The van der Waals surface area contributed by atoms with Gasteiger partial charge in [0.1, 0.15) is 6.10 Å². The Morgan fingerprint density at radius 1 is 1.04 bits per heavy atom. The van der Waals surface area contributed by atoms with Crippen LogP contribution in [0.25, 0.3) is 16.7 Å². The molecule has 1 unspecified atom stereocenters. The number of methoxy groups -OCH3 is 1. The number of halogens is 6. The molecule has 47 heavy (non-hydrogen) atoms. The normalized spacial score (nSPS) is 20.0. The van der Waals surface area contributed by atoms with Crippen LogP contribution in [0, 0.1) is 5.41 Å². The monoisotopic (exact) mass is 662 g/mol. The quantitative estimate of drug-likeness (QED) is 0.254. The van der Waals surface area contributed by atoms with Crippen LogP contribution in [0.5, 0.6) is 5.88 Å². The Hall–Kier alpha value is -4.55. The number of pyridine rings is 1. The number of carbonyl (C=O) groups is 2. The van der Waals surface area contributed by atoms with Gasteiger partial charge in [0, 0.05) is 23.9 Å². The summed E-state index contributed by atoms with van der Waals surface area (Å²) in [5, 5.41) is 9.46. The van der Waals surface area contributed by atoms with Crippen molar-refractivity contribution in [2.24, 2.45) is 5.41 Å². The molecule has 2 heterocycles. The number of hydrogen-bond acceptors (Lipinski definition) is 5. The lowest BCUT2D eigenvalue weighted by Crippen LogP contribution is -2.35. The number of ether oxygens (including phenoxy) is 2. The minimum Gasteiger partial charge on any atom is -0.481 e. The molecule has 3 aromatic rings. The van der Waals surface area contributed by atoms with Crippen LogP contribution in [0.2, 0.25) is 0 Å². The molecule has 5 rings (SSSR count). The second-order valence-electron chi connectivity index (χ2n) is 12.6. The number of benzene rings is 2. The van der Waals surface area contributed by atoms with Gasteiger partial charge < -0.3 is 14.6 Å². The van der Waals surface area contributed by atoms with E-state index in [1.54, 1.807) is 18.3 Å². The van der Waals surface area contributed by atoms with E-state index in [1.165, 1.54) is 31.1 Å². The zero-order chi connectivity index (χ0) is 34.5. The highest BCUT2D eigenvalue weighted by molar-refractivity contribution is 5.89. The molecular formula is C34H32F6N2O5. The highest BCUT2D eigenvalue weighted by Crippen LogP contribution is 2.47. The Kier molecular flexibility index (Phi) is 8.80. The third-order valence-electron chi connectivity index (χ3n) is 8.67. The number of aromatic carboxylic acids is 1. The summed E-state index contributed by atoms with van der Waals surface area (Å²) in [6.07, 6.45) is -8.95. The van der Waals surface area contributed by atoms with Crippen LogP contribution in [0.4, 0.5) is 31.1 Å². The third kappa shape index (κ3) is 7.08. The fourth-order valence-corrected chi connectivity index (χ4v) is 6.22. The summed E-state index contributed by atoms with van der Waals surface area (Å²) in [6, 6.07) is 8.50.